The zero-order valence-electron chi connectivity index (χ0n) is 8.39. The Morgan fingerprint density at radius 3 is 2.27 bits per heavy atom. The molecule has 3 nitrogen and oxygen atoms in total. The van der Waals surface area contributed by atoms with E-state index >= 15 is 0 Å². The van der Waals surface area contributed by atoms with Crippen LogP contribution in [0, 0.1) is 0 Å². The van der Waals surface area contributed by atoms with E-state index in [-0.39, 0.29) is 0 Å². The number of aliphatic carboxylic acids is 1. The van der Waals surface area contributed by atoms with Gasteiger partial charge in [-0.1, -0.05) is 30.7 Å². The van der Waals surface area contributed by atoms with Crippen molar-refractivity contribution in [3.63, 3.8) is 0 Å². The van der Waals surface area contributed by atoms with E-state index in [0.717, 1.165) is 0 Å². The second-order valence-electron chi connectivity index (χ2n) is 4.04. The number of aliphatic hydroxyl groups excluding tert-OH is 1. The van der Waals surface area contributed by atoms with Crippen LogP contribution in [0.5, 0.6) is 0 Å². The molecule has 1 saturated carbocycles. The lowest BCUT2D eigenvalue weighted by Gasteiger charge is -2.25. The largest absolute Gasteiger partial charge is 0.479 e. The van der Waals surface area contributed by atoms with E-state index in [1.54, 1.807) is 12.1 Å². The number of carboxylic acid groups (broad SMARTS) is 1. The first-order chi connectivity index (χ1) is 7.18. The molecule has 1 unspecified atom stereocenters. The predicted octanol–water partition coefficient (Wildman–Crippen LogP) is 2.07. The first-order valence-electron chi connectivity index (χ1n) is 5.19. The number of rotatable bonds is 3. The Morgan fingerprint density at radius 2 is 1.87 bits per heavy atom. The van der Waals surface area contributed by atoms with Gasteiger partial charge in [0.05, 0.1) is 0 Å². The maximum atomic E-state index is 10.5. The Kier molecular flexibility index (Phi) is 2.73. The van der Waals surface area contributed by atoms with Gasteiger partial charge < -0.3 is 10.2 Å². The molecule has 1 aromatic carbocycles. The van der Waals surface area contributed by atoms with E-state index in [9.17, 15) is 9.90 Å². The van der Waals surface area contributed by atoms with Crippen LogP contribution in [0.4, 0.5) is 0 Å². The molecule has 0 heterocycles. The molecule has 0 amide bonds. The highest BCUT2D eigenvalue weighted by Gasteiger charge is 2.20. The predicted molar refractivity (Wildman–Crippen MR) is 55.6 cm³/mol. The van der Waals surface area contributed by atoms with Crippen molar-refractivity contribution >= 4 is 5.97 Å². The first kappa shape index (κ1) is 10.2. The molecule has 2 N–H and O–H groups in total. The monoisotopic (exact) mass is 206 g/mol. The zero-order chi connectivity index (χ0) is 10.8. The van der Waals surface area contributed by atoms with E-state index in [0.29, 0.717) is 11.5 Å². The maximum Gasteiger partial charge on any atom is 0.337 e. The zero-order valence-corrected chi connectivity index (χ0v) is 8.39. The van der Waals surface area contributed by atoms with Crippen molar-refractivity contribution < 1.29 is 15.0 Å². The highest BCUT2D eigenvalue weighted by Crippen LogP contribution is 2.36. The van der Waals surface area contributed by atoms with E-state index in [1.807, 2.05) is 12.1 Å². The standard InChI is InChI=1S/C12H14O3/c13-11(12(14)15)10-6-4-9(5-7-10)8-2-1-3-8/h4-8,11,13H,1-3H2,(H,14,15). The molecule has 1 fully saturated rings. The Morgan fingerprint density at radius 1 is 1.27 bits per heavy atom. The van der Waals surface area contributed by atoms with Crippen LogP contribution in [0.15, 0.2) is 24.3 Å². The maximum absolute atomic E-state index is 10.5. The van der Waals surface area contributed by atoms with Crippen molar-refractivity contribution in [3.05, 3.63) is 35.4 Å². The third kappa shape index (κ3) is 2.02. The highest BCUT2D eigenvalue weighted by molar-refractivity contribution is 5.73. The Balaban J connectivity index is 2.12. The van der Waals surface area contributed by atoms with Gasteiger partial charge in [-0.2, -0.15) is 0 Å². The third-order valence-electron chi connectivity index (χ3n) is 3.06. The molecule has 0 aliphatic heterocycles. The molecule has 15 heavy (non-hydrogen) atoms. The Labute approximate surface area is 88.4 Å². The second kappa shape index (κ2) is 4.03. The van der Waals surface area contributed by atoms with Gasteiger partial charge in [-0.3, -0.25) is 0 Å². The van der Waals surface area contributed by atoms with Crippen LogP contribution >= 0.6 is 0 Å². The molecule has 0 saturated heterocycles. The van der Waals surface area contributed by atoms with Gasteiger partial charge in [0.25, 0.3) is 0 Å². The lowest BCUT2D eigenvalue weighted by Crippen LogP contribution is -2.11. The molecule has 1 aromatic rings. The molecule has 1 atom stereocenters. The van der Waals surface area contributed by atoms with Gasteiger partial charge in [0.15, 0.2) is 6.10 Å². The summed E-state index contributed by atoms with van der Waals surface area (Å²) in [5.41, 5.74) is 1.70. The fraction of sp³-hybridized carbons (Fsp3) is 0.417. The number of carboxylic acids is 1. The van der Waals surface area contributed by atoms with Crippen molar-refractivity contribution in [3.8, 4) is 0 Å². The molecule has 0 spiro atoms. The molecule has 1 aliphatic rings. The first-order valence-corrected chi connectivity index (χ1v) is 5.19. The van der Waals surface area contributed by atoms with Gasteiger partial charge in [-0.05, 0) is 29.9 Å². The number of hydrogen-bond acceptors (Lipinski definition) is 2. The fourth-order valence-corrected chi connectivity index (χ4v) is 1.83. The van der Waals surface area contributed by atoms with Crippen molar-refractivity contribution in [1.82, 2.24) is 0 Å². The summed E-state index contributed by atoms with van der Waals surface area (Å²) in [6.07, 6.45) is 2.33. The summed E-state index contributed by atoms with van der Waals surface area (Å²) >= 11 is 0. The molecule has 0 aromatic heterocycles. The van der Waals surface area contributed by atoms with Crippen LogP contribution < -0.4 is 0 Å². The molecule has 80 valence electrons. The topological polar surface area (TPSA) is 57.5 Å². The van der Waals surface area contributed by atoms with E-state index in [4.69, 9.17) is 5.11 Å². The molecular weight excluding hydrogens is 192 g/mol. The summed E-state index contributed by atoms with van der Waals surface area (Å²) in [5, 5.41) is 17.9. The minimum absolute atomic E-state index is 0.450. The Hall–Kier alpha value is -1.35. The Bertz CT molecular complexity index is 352. The summed E-state index contributed by atoms with van der Waals surface area (Å²) < 4.78 is 0. The van der Waals surface area contributed by atoms with Crippen LogP contribution in [-0.2, 0) is 4.79 Å². The van der Waals surface area contributed by atoms with Gasteiger partial charge in [-0.15, -0.1) is 0 Å². The second-order valence-corrected chi connectivity index (χ2v) is 4.04. The molecule has 1 aliphatic carbocycles. The van der Waals surface area contributed by atoms with E-state index < -0.39 is 12.1 Å². The van der Waals surface area contributed by atoms with Gasteiger partial charge >= 0.3 is 5.97 Å². The van der Waals surface area contributed by atoms with E-state index in [1.165, 1.54) is 24.8 Å². The van der Waals surface area contributed by atoms with Gasteiger partial charge in [0.2, 0.25) is 0 Å². The summed E-state index contributed by atoms with van der Waals surface area (Å²) in [5.74, 6) is -0.563. The van der Waals surface area contributed by atoms with Crippen LogP contribution in [0.1, 0.15) is 42.4 Å². The van der Waals surface area contributed by atoms with Crippen molar-refractivity contribution in [2.24, 2.45) is 0 Å². The minimum Gasteiger partial charge on any atom is -0.479 e. The molecule has 3 heteroatoms. The van der Waals surface area contributed by atoms with Gasteiger partial charge in [0, 0.05) is 0 Å². The van der Waals surface area contributed by atoms with Crippen LogP contribution in [-0.4, -0.2) is 16.2 Å². The SMILES string of the molecule is O=C(O)C(O)c1ccc(C2CCC2)cc1. The fourth-order valence-electron chi connectivity index (χ4n) is 1.83. The molecular formula is C12H14O3. The normalized spacial score (nSPS) is 18.2. The number of carbonyl (C=O) groups is 1. The summed E-state index contributed by atoms with van der Waals surface area (Å²) in [7, 11) is 0. The summed E-state index contributed by atoms with van der Waals surface area (Å²) in [6, 6.07) is 7.25. The molecule has 0 radical (unpaired) electrons. The lowest BCUT2D eigenvalue weighted by molar-refractivity contribution is -0.146. The van der Waals surface area contributed by atoms with Gasteiger partial charge in [0.1, 0.15) is 0 Å². The van der Waals surface area contributed by atoms with E-state index in [2.05, 4.69) is 0 Å². The van der Waals surface area contributed by atoms with Crippen molar-refractivity contribution in [2.45, 2.75) is 31.3 Å². The average Bonchev–Trinajstić information content (AvgIpc) is 2.15. The number of hydrogen-bond donors (Lipinski definition) is 2. The summed E-state index contributed by atoms with van der Waals surface area (Å²) in [6.45, 7) is 0. The third-order valence-corrected chi connectivity index (χ3v) is 3.06. The van der Waals surface area contributed by atoms with Crippen molar-refractivity contribution in [1.29, 1.82) is 0 Å². The summed E-state index contributed by atoms with van der Waals surface area (Å²) in [4.78, 5) is 10.5. The lowest BCUT2D eigenvalue weighted by atomic mass is 9.80. The van der Waals surface area contributed by atoms with Crippen LogP contribution in [0.3, 0.4) is 0 Å². The highest BCUT2D eigenvalue weighted by atomic mass is 16.4. The van der Waals surface area contributed by atoms with Crippen LogP contribution in [0.2, 0.25) is 0 Å². The number of aliphatic hydroxyl groups is 1. The van der Waals surface area contributed by atoms with Gasteiger partial charge in [-0.25, -0.2) is 4.79 Å². The molecule has 0 bridgehead atoms. The van der Waals surface area contributed by atoms with Crippen molar-refractivity contribution in [2.75, 3.05) is 0 Å². The van der Waals surface area contributed by atoms with Crippen LogP contribution in [0.25, 0.3) is 0 Å². The minimum atomic E-state index is -1.40. The average molecular weight is 206 g/mol. The molecule has 2 rings (SSSR count). The number of benzene rings is 1. The quantitative estimate of drug-likeness (QED) is 0.796. The smallest absolute Gasteiger partial charge is 0.337 e.